The van der Waals surface area contributed by atoms with E-state index in [-0.39, 0.29) is 12.3 Å². The minimum atomic E-state index is -0.698. The molecule has 126 valence electrons. The Morgan fingerprint density at radius 1 is 1.17 bits per heavy atom. The fraction of sp³-hybridized carbons (Fsp3) is 0.438. The van der Waals surface area contributed by atoms with Crippen molar-refractivity contribution in [1.82, 2.24) is 5.32 Å². The molecule has 23 heavy (non-hydrogen) atoms. The van der Waals surface area contributed by atoms with Gasteiger partial charge in [0.05, 0.1) is 11.6 Å². The number of benzene rings is 1. The quantitative estimate of drug-likeness (QED) is 0.619. The van der Waals surface area contributed by atoms with Crippen LogP contribution in [0.25, 0.3) is 0 Å². The first-order valence-electron chi connectivity index (χ1n) is 7.16. The molecule has 0 bridgehead atoms. The van der Waals surface area contributed by atoms with Gasteiger partial charge in [-0.1, -0.05) is 0 Å². The number of nitrogens with one attached hydrogen (secondary N) is 1. The van der Waals surface area contributed by atoms with Crippen molar-refractivity contribution in [2.75, 3.05) is 6.54 Å². The van der Waals surface area contributed by atoms with E-state index in [2.05, 4.69) is 5.32 Å². The van der Waals surface area contributed by atoms with Crippen molar-refractivity contribution in [3.63, 3.8) is 0 Å². The molecule has 0 aromatic heterocycles. The van der Waals surface area contributed by atoms with Gasteiger partial charge in [0.15, 0.2) is 0 Å². The highest BCUT2D eigenvalue weighted by molar-refractivity contribution is 5.90. The van der Waals surface area contributed by atoms with Crippen LogP contribution in [0.15, 0.2) is 24.3 Å². The van der Waals surface area contributed by atoms with E-state index in [9.17, 15) is 14.4 Å². The molecule has 0 aliphatic rings. The van der Waals surface area contributed by atoms with E-state index in [1.54, 1.807) is 20.8 Å². The topological polar surface area (TPSA) is 108 Å². The third-order valence-corrected chi connectivity index (χ3v) is 2.54. The second kappa shape index (κ2) is 7.73. The maximum Gasteiger partial charge on any atom is 0.338 e. The Morgan fingerprint density at radius 2 is 1.74 bits per heavy atom. The van der Waals surface area contributed by atoms with Gasteiger partial charge in [0.2, 0.25) is 5.91 Å². The summed E-state index contributed by atoms with van der Waals surface area (Å²) in [6.07, 6.45) is 0. The van der Waals surface area contributed by atoms with Crippen LogP contribution in [0.2, 0.25) is 0 Å². The van der Waals surface area contributed by atoms with Gasteiger partial charge in [-0.3, -0.25) is 4.79 Å². The van der Waals surface area contributed by atoms with Gasteiger partial charge in [-0.2, -0.15) is 0 Å². The zero-order valence-electron chi connectivity index (χ0n) is 13.7. The molecule has 0 saturated carbocycles. The maximum absolute atomic E-state index is 11.8. The first-order valence-corrected chi connectivity index (χ1v) is 7.16. The lowest BCUT2D eigenvalue weighted by Crippen LogP contribution is -2.41. The molecular formula is C16H22N2O5. The number of hydrogen-bond acceptors (Lipinski definition) is 6. The summed E-state index contributed by atoms with van der Waals surface area (Å²) in [7, 11) is 0. The van der Waals surface area contributed by atoms with Crippen LogP contribution in [0, 0.1) is 0 Å². The van der Waals surface area contributed by atoms with Crippen molar-refractivity contribution in [2.24, 2.45) is 5.73 Å². The van der Waals surface area contributed by atoms with Crippen molar-refractivity contribution in [2.45, 2.75) is 39.3 Å². The molecule has 7 heteroatoms. The summed E-state index contributed by atoms with van der Waals surface area (Å²) < 4.78 is 10.3. The Kier molecular flexibility index (Phi) is 6.27. The third kappa shape index (κ3) is 6.92. The van der Waals surface area contributed by atoms with Gasteiger partial charge in [0.25, 0.3) is 0 Å². The predicted molar refractivity (Wildman–Crippen MR) is 83.9 cm³/mol. The highest BCUT2D eigenvalue weighted by Gasteiger charge is 2.18. The molecule has 1 aromatic rings. The van der Waals surface area contributed by atoms with Gasteiger partial charge in [-0.05, 0) is 52.0 Å². The molecule has 0 aliphatic heterocycles. The molecule has 7 nitrogen and oxygen atoms in total. The van der Waals surface area contributed by atoms with Crippen LogP contribution in [0.4, 0.5) is 0 Å². The molecule has 0 fully saturated rings. The lowest BCUT2D eigenvalue weighted by molar-refractivity contribution is -0.135. The van der Waals surface area contributed by atoms with Gasteiger partial charge < -0.3 is 20.5 Å². The molecule has 0 saturated heterocycles. The zero-order chi connectivity index (χ0) is 17.6. The molecule has 1 atom stereocenters. The van der Waals surface area contributed by atoms with Gasteiger partial charge >= 0.3 is 11.9 Å². The molecule has 0 heterocycles. The van der Waals surface area contributed by atoms with Crippen LogP contribution >= 0.6 is 0 Å². The van der Waals surface area contributed by atoms with Crippen molar-refractivity contribution in [3.05, 3.63) is 29.8 Å². The number of carbonyl (C=O) groups excluding carboxylic acids is 3. The van der Waals surface area contributed by atoms with Gasteiger partial charge in [0, 0.05) is 0 Å². The largest absolute Gasteiger partial charge is 0.456 e. The van der Waals surface area contributed by atoms with Crippen LogP contribution in [0.3, 0.4) is 0 Å². The van der Waals surface area contributed by atoms with Crippen LogP contribution < -0.4 is 15.8 Å². The van der Waals surface area contributed by atoms with Crippen molar-refractivity contribution < 1.29 is 23.9 Å². The average Bonchev–Trinajstić information content (AvgIpc) is 2.43. The highest BCUT2D eigenvalue weighted by Crippen LogP contribution is 2.16. The molecule has 0 radical (unpaired) electrons. The number of nitrogens with two attached hydrogens (primary N) is 1. The predicted octanol–water partition coefficient (Wildman–Crippen LogP) is 1.01. The van der Waals surface area contributed by atoms with Gasteiger partial charge in [0.1, 0.15) is 17.9 Å². The van der Waals surface area contributed by atoms with E-state index in [0.717, 1.165) is 0 Å². The van der Waals surface area contributed by atoms with Gasteiger partial charge in [-0.25, -0.2) is 9.59 Å². The number of hydrogen-bond donors (Lipinski definition) is 2. The van der Waals surface area contributed by atoms with Crippen molar-refractivity contribution >= 4 is 17.8 Å². The molecule has 0 unspecified atom stereocenters. The minimum absolute atomic E-state index is 0.261. The Morgan fingerprint density at radius 3 is 2.22 bits per heavy atom. The molecule has 1 amide bonds. The smallest absolute Gasteiger partial charge is 0.338 e. The molecule has 0 spiro atoms. The monoisotopic (exact) mass is 322 g/mol. The van der Waals surface area contributed by atoms with E-state index >= 15 is 0 Å². The SMILES string of the molecule is C[C@H](N)C(=O)NCC(=O)Oc1ccc(C(=O)OC(C)(C)C)cc1. The Bertz CT molecular complexity index is 573. The number of rotatable bonds is 5. The standard InChI is InChI=1S/C16H22N2O5/c1-10(17)14(20)18-9-13(19)22-12-7-5-11(6-8-12)15(21)23-16(2,3)4/h5-8,10H,9,17H2,1-4H3,(H,18,20)/t10-/m0/s1. The summed E-state index contributed by atoms with van der Waals surface area (Å²) in [4.78, 5) is 34.7. The summed E-state index contributed by atoms with van der Waals surface area (Å²) in [5.74, 6) is -1.27. The fourth-order valence-corrected chi connectivity index (χ4v) is 1.48. The second-order valence-electron chi connectivity index (χ2n) is 6.01. The average molecular weight is 322 g/mol. The van der Waals surface area contributed by atoms with Crippen molar-refractivity contribution in [1.29, 1.82) is 0 Å². The molecule has 0 aliphatic carbocycles. The molecule has 1 aromatic carbocycles. The number of esters is 2. The lowest BCUT2D eigenvalue weighted by atomic mass is 10.1. The first kappa shape index (κ1) is 18.6. The highest BCUT2D eigenvalue weighted by atomic mass is 16.6. The molecular weight excluding hydrogens is 300 g/mol. The molecule has 3 N–H and O–H groups in total. The maximum atomic E-state index is 11.8. The molecule has 1 rings (SSSR count). The van der Waals surface area contributed by atoms with E-state index in [1.165, 1.54) is 31.2 Å². The summed E-state index contributed by atoms with van der Waals surface area (Å²) in [6.45, 7) is 6.55. The van der Waals surface area contributed by atoms with Crippen LogP contribution in [0.1, 0.15) is 38.1 Å². The third-order valence-electron chi connectivity index (χ3n) is 2.54. The van der Waals surface area contributed by atoms with E-state index in [1.807, 2.05) is 0 Å². The second-order valence-corrected chi connectivity index (χ2v) is 6.01. The van der Waals surface area contributed by atoms with E-state index in [4.69, 9.17) is 15.2 Å². The fourth-order valence-electron chi connectivity index (χ4n) is 1.48. The van der Waals surface area contributed by atoms with Gasteiger partial charge in [-0.15, -0.1) is 0 Å². The Labute approximate surface area is 135 Å². The number of amides is 1. The summed E-state index contributed by atoms with van der Waals surface area (Å²) in [6, 6.07) is 5.25. The normalized spacial score (nSPS) is 12.2. The summed E-state index contributed by atoms with van der Waals surface area (Å²) >= 11 is 0. The first-order chi connectivity index (χ1) is 10.6. The lowest BCUT2D eigenvalue weighted by Gasteiger charge is -2.19. The summed E-state index contributed by atoms with van der Waals surface area (Å²) in [5, 5.41) is 2.34. The summed E-state index contributed by atoms with van der Waals surface area (Å²) in [5.41, 5.74) is 5.12. The van der Waals surface area contributed by atoms with Crippen molar-refractivity contribution in [3.8, 4) is 5.75 Å². The number of carbonyl (C=O) groups is 3. The van der Waals surface area contributed by atoms with Crippen LogP contribution in [0.5, 0.6) is 5.75 Å². The number of ether oxygens (including phenoxy) is 2. The van der Waals surface area contributed by atoms with Crippen LogP contribution in [-0.2, 0) is 14.3 Å². The zero-order valence-corrected chi connectivity index (χ0v) is 13.7. The minimum Gasteiger partial charge on any atom is -0.456 e. The van der Waals surface area contributed by atoms with E-state index < -0.39 is 29.5 Å². The van der Waals surface area contributed by atoms with Crippen LogP contribution in [-0.4, -0.2) is 36.0 Å². The van der Waals surface area contributed by atoms with E-state index in [0.29, 0.717) is 5.56 Å². The Hall–Kier alpha value is -2.41. The Balaban J connectivity index is 2.55.